The third-order valence-corrected chi connectivity index (χ3v) is 4.39. The van der Waals surface area contributed by atoms with Gasteiger partial charge in [-0.2, -0.15) is 5.10 Å². The van der Waals surface area contributed by atoms with Crippen LogP contribution in [-0.2, 0) is 20.0 Å². The Morgan fingerprint density at radius 1 is 1.27 bits per heavy atom. The average molecular weight is 316 g/mol. The van der Waals surface area contributed by atoms with E-state index in [0.29, 0.717) is 0 Å². The lowest BCUT2D eigenvalue weighted by Crippen LogP contribution is -2.37. The molecule has 0 fully saturated rings. The number of nitrogens with zero attached hydrogens (tertiary/aromatic N) is 3. The van der Waals surface area contributed by atoms with E-state index in [9.17, 15) is 0 Å². The molecule has 1 aromatic carbocycles. The molecule has 0 unspecified atom stereocenters. The van der Waals surface area contributed by atoms with Gasteiger partial charge in [-0.05, 0) is 38.0 Å². The zero-order chi connectivity index (χ0) is 16.1. The molecule has 1 aromatic heterocycles. The number of hydrogen-bond acceptors (Lipinski definition) is 2. The number of thiocarbonyl (C=S) groups is 1. The van der Waals surface area contributed by atoms with Crippen molar-refractivity contribution in [2.75, 3.05) is 13.6 Å². The summed E-state index contributed by atoms with van der Waals surface area (Å²) in [5.74, 6) is 0. The molecule has 0 spiro atoms. The molecule has 0 bridgehead atoms. The van der Waals surface area contributed by atoms with Crippen LogP contribution in [0.2, 0.25) is 0 Å². The van der Waals surface area contributed by atoms with Gasteiger partial charge in [0.1, 0.15) is 0 Å². The first-order chi connectivity index (χ1) is 10.5. The van der Waals surface area contributed by atoms with Crippen LogP contribution in [0.4, 0.5) is 0 Å². The van der Waals surface area contributed by atoms with E-state index in [4.69, 9.17) is 12.2 Å². The third-order valence-electron chi connectivity index (χ3n) is 3.93. The summed E-state index contributed by atoms with van der Waals surface area (Å²) < 4.78 is 1.92. The lowest BCUT2D eigenvalue weighted by atomic mass is 10.1. The van der Waals surface area contributed by atoms with Crippen LogP contribution >= 0.6 is 12.2 Å². The third kappa shape index (κ3) is 4.07. The lowest BCUT2D eigenvalue weighted by Gasteiger charge is -2.21. The summed E-state index contributed by atoms with van der Waals surface area (Å²) in [6.45, 7) is 5.76. The Morgan fingerprint density at radius 2 is 1.95 bits per heavy atom. The van der Waals surface area contributed by atoms with Crippen LogP contribution in [-0.4, -0.2) is 33.4 Å². The molecule has 4 nitrogen and oxygen atoms in total. The van der Waals surface area contributed by atoms with Gasteiger partial charge < -0.3 is 10.2 Å². The Morgan fingerprint density at radius 3 is 2.55 bits per heavy atom. The predicted molar refractivity (Wildman–Crippen MR) is 94.9 cm³/mol. The molecule has 0 saturated heterocycles. The molecule has 0 saturated carbocycles. The van der Waals surface area contributed by atoms with Crippen molar-refractivity contribution < 1.29 is 0 Å². The van der Waals surface area contributed by atoms with Gasteiger partial charge in [0.05, 0.1) is 5.69 Å². The van der Waals surface area contributed by atoms with E-state index in [2.05, 4.69) is 46.5 Å². The Labute approximate surface area is 138 Å². The zero-order valence-electron chi connectivity index (χ0n) is 13.8. The summed E-state index contributed by atoms with van der Waals surface area (Å²) in [5.41, 5.74) is 4.83. The van der Waals surface area contributed by atoms with Crippen molar-refractivity contribution >= 4 is 17.3 Å². The minimum absolute atomic E-state index is 0.776. The quantitative estimate of drug-likeness (QED) is 0.860. The van der Waals surface area contributed by atoms with Gasteiger partial charge in [-0.3, -0.25) is 4.68 Å². The van der Waals surface area contributed by atoms with Gasteiger partial charge in [0, 0.05) is 38.4 Å². The minimum Gasteiger partial charge on any atom is -0.362 e. The average Bonchev–Trinajstić information content (AvgIpc) is 2.74. The van der Waals surface area contributed by atoms with Crippen molar-refractivity contribution in [2.45, 2.75) is 26.8 Å². The van der Waals surface area contributed by atoms with Crippen LogP contribution in [0, 0.1) is 13.8 Å². The van der Waals surface area contributed by atoms with Crippen molar-refractivity contribution in [1.29, 1.82) is 0 Å². The Balaban J connectivity index is 1.84. The number of benzene rings is 1. The maximum absolute atomic E-state index is 5.47. The zero-order valence-corrected chi connectivity index (χ0v) is 14.6. The Hall–Kier alpha value is -1.88. The molecular weight excluding hydrogens is 292 g/mol. The van der Waals surface area contributed by atoms with Crippen LogP contribution in [0.1, 0.15) is 22.5 Å². The second-order valence-electron chi connectivity index (χ2n) is 5.60. The smallest absolute Gasteiger partial charge is 0.168 e. The van der Waals surface area contributed by atoms with Gasteiger partial charge in [-0.25, -0.2) is 0 Å². The summed E-state index contributed by atoms with van der Waals surface area (Å²) in [6.07, 6.45) is 0.972. The maximum Gasteiger partial charge on any atom is 0.168 e. The van der Waals surface area contributed by atoms with Crippen molar-refractivity contribution in [3.05, 3.63) is 52.8 Å². The topological polar surface area (TPSA) is 33.1 Å². The second-order valence-corrected chi connectivity index (χ2v) is 5.98. The molecule has 2 rings (SSSR count). The summed E-state index contributed by atoms with van der Waals surface area (Å²) in [4.78, 5) is 2.07. The molecule has 118 valence electrons. The largest absolute Gasteiger partial charge is 0.362 e. The summed E-state index contributed by atoms with van der Waals surface area (Å²) >= 11 is 5.47. The minimum atomic E-state index is 0.776. The molecule has 0 atom stereocenters. The number of rotatable bonds is 5. The standard InChI is InChI=1S/C17H24N4S/c1-13-16(14(2)21(4)19-13)12-20(3)17(22)18-11-10-15-8-6-5-7-9-15/h5-9H,10-12H2,1-4H3,(H,18,22). The summed E-state index contributed by atoms with van der Waals surface area (Å²) in [5, 5.41) is 8.55. The van der Waals surface area contributed by atoms with Gasteiger partial charge in [0.25, 0.3) is 0 Å². The Kier molecular flexibility index (Phi) is 5.55. The molecule has 22 heavy (non-hydrogen) atoms. The fourth-order valence-corrected chi connectivity index (χ4v) is 2.62. The molecule has 0 amide bonds. The highest BCUT2D eigenvalue weighted by Gasteiger charge is 2.13. The number of nitrogens with one attached hydrogen (secondary N) is 1. The Bertz CT molecular complexity index is 634. The molecule has 0 aliphatic rings. The molecule has 0 radical (unpaired) electrons. The molecule has 0 aliphatic heterocycles. The molecule has 0 aliphatic carbocycles. The fraction of sp³-hybridized carbons (Fsp3) is 0.412. The van der Waals surface area contributed by atoms with Crippen LogP contribution in [0.5, 0.6) is 0 Å². The van der Waals surface area contributed by atoms with E-state index in [1.165, 1.54) is 16.8 Å². The molecule has 2 aromatic rings. The van der Waals surface area contributed by atoms with Gasteiger partial charge in [0.2, 0.25) is 0 Å². The molecule has 1 heterocycles. The van der Waals surface area contributed by atoms with Crippen LogP contribution in [0.25, 0.3) is 0 Å². The highest BCUT2D eigenvalue weighted by molar-refractivity contribution is 7.80. The van der Waals surface area contributed by atoms with E-state index >= 15 is 0 Å². The van der Waals surface area contributed by atoms with Gasteiger partial charge in [0.15, 0.2) is 5.11 Å². The molecule has 1 N–H and O–H groups in total. The van der Waals surface area contributed by atoms with Crippen LogP contribution in [0.15, 0.2) is 30.3 Å². The first kappa shape index (κ1) is 16.5. The normalized spacial score (nSPS) is 10.5. The predicted octanol–water partition coefficient (Wildman–Crippen LogP) is 2.59. The van der Waals surface area contributed by atoms with E-state index in [1.807, 2.05) is 31.8 Å². The lowest BCUT2D eigenvalue weighted by molar-refractivity contribution is 0.486. The highest BCUT2D eigenvalue weighted by atomic mass is 32.1. The number of aromatic nitrogens is 2. The van der Waals surface area contributed by atoms with Gasteiger partial charge in [-0.1, -0.05) is 30.3 Å². The van der Waals surface area contributed by atoms with E-state index in [0.717, 1.165) is 30.3 Å². The van der Waals surface area contributed by atoms with E-state index in [1.54, 1.807) is 0 Å². The second kappa shape index (κ2) is 7.40. The van der Waals surface area contributed by atoms with Crippen molar-refractivity contribution in [3.8, 4) is 0 Å². The highest BCUT2D eigenvalue weighted by Crippen LogP contribution is 2.14. The summed E-state index contributed by atoms with van der Waals surface area (Å²) in [7, 11) is 3.99. The monoisotopic (exact) mass is 316 g/mol. The van der Waals surface area contributed by atoms with Crippen molar-refractivity contribution in [1.82, 2.24) is 20.0 Å². The first-order valence-corrected chi connectivity index (χ1v) is 7.92. The molecule has 5 heteroatoms. The fourth-order valence-electron chi connectivity index (χ4n) is 2.45. The molecular formula is C17H24N4S. The van der Waals surface area contributed by atoms with Gasteiger partial charge in [-0.15, -0.1) is 0 Å². The number of hydrogen-bond donors (Lipinski definition) is 1. The number of aryl methyl sites for hydroxylation is 2. The SMILES string of the molecule is Cc1nn(C)c(C)c1CN(C)C(=S)NCCc1ccccc1. The van der Waals surface area contributed by atoms with Crippen LogP contribution in [0.3, 0.4) is 0 Å². The van der Waals surface area contributed by atoms with E-state index in [-0.39, 0.29) is 0 Å². The first-order valence-electron chi connectivity index (χ1n) is 7.51. The van der Waals surface area contributed by atoms with Crippen LogP contribution < -0.4 is 5.32 Å². The maximum atomic E-state index is 5.47. The van der Waals surface area contributed by atoms with Gasteiger partial charge >= 0.3 is 0 Å². The summed E-state index contributed by atoms with van der Waals surface area (Å²) in [6, 6.07) is 10.4. The van der Waals surface area contributed by atoms with Crippen molar-refractivity contribution in [2.24, 2.45) is 7.05 Å². The van der Waals surface area contributed by atoms with Crippen molar-refractivity contribution in [3.63, 3.8) is 0 Å². The van der Waals surface area contributed by atoms with E-state index < -0.39 is 0 Å².